The van der Waals surface area contributed by atoms with E-state index in [4.69, 9.17) is 68.1 Å². The van der Waals surface area contributed by atoms with Gasteiger partial charge in [0.25, 0.3) is 0 Å². The molecule has 3 aliphatic rings. The lowest BCUT2D eigenvalue weighted by Crippen LogP contribution is -2.29. The fourth-order valence-corrected chi connectivity index (χ4v) is 20.0. The van der Waals surface area contributed by atoms with Gasteiger partial charge in [0, 0.05) is 62.9 Å². The zero-order chi connectivity index (χ0) is 88.7. The van der Waals surface area contributed by atoms with Gasteiger partial charge in [-0.2, -0.15) is 0 Å². The third kappa shape index (κ3) is 19.7. The van der Waals surface area contributed by atoms with Crippen LogP contribution in [0.3, 0.4) is 0 Å². The van der Waals surface area contributed by atoms with Crippen molar-refractivity contribution in [2.75, 3.05) is 4.90 Å². The average molecular weight is 1830 g/mol. The highest BCUT2D eigenvalue weighted by Gasteiger charge is 2.40. The first-order valence-electron chi connectivity index (χ1n) is 43.4. The molecule has 0 aromatic heterocycles. The molecule has 21 rings (SSSR count). The lowest BCUT2D eigenvalue weighted by atomic mass is 9.80. The predicted molar refractivity (Wildman–Crippen MR) is 558 cm³/mol. The minimum absolute atomic E-state index is 0. The second-order valence-electron chi connectivity index (χ2n) is 34.3. The third-order valence-corrected chi connectivity index (χ3v) is 26.4. The molecule has 10 heteroatoms. The maximum Gasteiger partial charge on any atom is 0.488 e. The number of para-hydroxylation sites is 1. The molecule has 0 fully saturated rings. The topological polar surface area (TPSA) is 43.7 Å². The molecule has 0 radical (unpaired) electrons. The van der Waals surface area contributed by atoms with E-state index in [1.807, 2.05) is 18.2 Å². The van der Waals surface area contributed by atoms with E-state index in [2.05, 4.69) is 422 Å². The van der Waals surface area contributed by atoms with E-state index >= 15 is 0 Å². The SMILES string of the molecule is C.CC1(C)c2ccc(-c3cc(Cl)cc(Cl)c3)cc2-c2c1ccc1ccccc21.CC1(C)c2ccc(-c3cc(Cl)cc(N(c4ccccc4)c4ccc(-c5ccccc5)cc4)c3)cc2-c2c1ccc1ccccc21.CC1(C)c2ccc(Br)cc2-c2c1ccc1ccccc21.CCCCC.OB(O)c1cc(Cl)cc(Cl)c1.c1ccc(Cc2ccc(-c3ccccc3)cc2)cc1. The largest absolute Gasteiger partial charge is 0.488 e. The summed E-state index contributed by atoms with van der Waals surface area (Å²) in [6.07, 6.45) is 5.07. The monoisotopic (exact) mass is 1830 g/mol. The summed E-state index contributed by atoms with van der Waals surface area (Å²) in [6.45, 7) is 18.4. The molecule has 0 spiro atoms. The van der Waals surface area contributed by atoms with Crippen molar-refractivity contribution < 1.29 is 10.0 Å². The predicted octanol–water partition coefficient (Wildman–Crippen LogP) is 35.1. The molecule has 2 N–H and O–H groups in total. The number of anilines is 3. The van der Waals surface area contributed by atoms with Gasteiger partial charge in [0.1, 0.15) is 0 Å². The van der Waals surface area contributed by atoms with Crippen molar-refractivity contribution >= 4 is 136 Å². The summed E-state index contributed by atoms with van der Waals surface area (Å²) in [4.78, 5) is 2.28. The summed E-state index contributed by atoms with van der Waals surface area (Å²) in [5, 5.41) is 28.0. The second-order valence-corrected chi connectivity index (χ2v) is 37.4. The fraction of sp³-hybridized carbons (Fsp3) is 0.136. The minimum Gasteiger partial charge on any atom is -0.423 e. The van der Waals surface area contributed by atoms with E-state index in [-0.39, 0.29) is 23.7 Å². The van der Waals surface area contributed by atoms with E-state index in [9.17, 15) is 0 Å². The molecular weight excluding hydrogens is 1730 g/mol. The van der Waals surface area contributed by atoms with Crippen LogP contribution in [0.15, 0.2) is 393 Å². The van der Waals surface area contributed by atoms with Gasteiger partial charge in [0.2, 0.25) is 0 Å². The Bertz CT molecular complexity index is 6940. The van der Waals surface area contributed by atoms with E-state index in [1.54, 1.807) is 6.07 Å². The summed E-state index contributed by atoms with van der Waals surface area (Å²) in [5.74, 6) is 0. The van der Waals surface area contributed by atoms with Crippen LogP contribution in [0.5, 0.6) is 0 Å². The van der Waals surface area contributed by atoms with Gasteiger partial charge in [0.15, 0.2) is 0 Å². The number of hydrogen-bond acceptors (Lipinski definition) is 3. The smallest absolute Gasteiger partial charge is 0.423 e. The molecule has 0 unspecified atom stereocenters. The summed E-state index contributed by atoms with van der Waals surface area (Å²) >= 11 is 34.2. The fourth-order valence-electron chi connectivity index (χ4n) is 18.3. The Labute approximate surface area is 789 Å². The Morgan fingerprint density at radius 3 is 1.02 bits per heavy atom. The average Bonchev–Trinajstić information content (AvgIpc) is 1.57. The van der Waals surface area contributed by atoms with Crippen LogP contribution in [0.2, 0.25) is 25.1 Å². The highest BCUT2D eigenvalue weighted by molar-refractivity contribution is 9.10. The van der Waals surface area contributed by atoms with Crippen molar-refractivity contribution in [2.45, 2.75) is 105 Å². The molecule has 0 saturated carbocycles. The van der Waals surface area contributed by atoms with Gasteiger partial charge < -0.3 is 14.9 Å². The first-order chi connectivity index (χ1) is 61.4. The zero-order valence-corrected chi connectivity index (χ0v) is 77.8. The molecule has 3 aliphatic carbocycles. The van der Waals surface area contributed by atoms with Crippen molar-refractivity contribution in [3.05, 3.63) is 462 Å². The molecule has 0 saturated heterocycles. The zero-order valence-electron chi connectivity index (χ0n) is 72.5. The van der Waals surface area contributed by atoms with Gasteiger partial charge in [-0.1, -0.05) is 441 Å². The molecule has 18 aromatic carbocycles. The summed E-state index contributed by atoms with van der Waals surface area (Å²) in [6, 6.07) is 136. The van der Waals surface area contributed by atoms with Crippen molar-refractivity contribution in [3.63, 3.8) is 0 Å². The molecule has 0 bridgehead atoms. The van der Waals surface area contributed by atoms with Crippen molar-refractivity contribution in [1.82, 2.24) is 0 Å². The summed E-state index contributed by atoms with van der Waals surface area (Å²) in [5.41, 5.74) is 32.0. The number of rotatable bonds is 12. The minimum atomic E-state index is -1.52. The van der Waals surface area contributed by atoms with E-state index in [0.717, 1.165) is 50.2 Å². The Kier molecular flexibility index (Phi) is 28.5. The van der Waals surface area contributed by atoms with E-state index in [1.165, 1.54) is 170 Å². The summed E-state index contributed by atoms with van der Waals surface area (Å²) in [7, 11) is -1.52. The number of fused-ring (bicyclic) bond motifs is 15. The van der Waals surface area contributed by atoms with Crippen molar-refractivity contribution in [2.24, 2.45) is 0 Å². The number of unbranched alkanes of at least 4 members (excludes halogenated alkanes) is 2. The lowest BCUT2D eigenvalue weighted by molar-refractivity contribution is 0.426. The van der Waals surface area contributed by atoms with Crippen molar-refractivity contribution in [1.29, 1.82) is 0 Å². The van der Waals surface area contributed by atoms with Crippen LogP contribution >= 0.6 is 73.9 Å². The number of benzene rings is 18. The number of hydrogen-bond donors (Lipinski definition) is 2. The normalized spacial score (nSPS) is 12.6. The van der Waals surface area contributed by atoms with Crippen LogP contribution in [-0.4, -0.2) is 17.2 Å². The van der Waals surface area contributed by atoms with E-state index in [0.29, 0.717) is 30.6 Å². The molecule has 18 aromatic rings. The van der Waals surface area contributed by atoms with Crippen molar-refractivity contribution in [3.8, 4) is 77.9 Å². The highest BCUT2D eigenvalue weighted by atomic mass is 79.9. The van der Waals surface area contributed by atoms with Crippen LogP contribution in [0.4, 0.5) is 17.1 Å². The Morgan fingerprint density at radius 2 is 0.602 bits per heavy atom. The molecule has 636 valence electrons. The first kappa shape index (κ1) is 91.2. The summed E-state index contributed by atoms with van der Waals surface area (Å²) < 4.78 is 1.15. The molecule has 3 nitrogen and oxygen atoms in total. The van der Waals surface area contributed by atoms with Gasteiger partial charge in [-0.3, -0.25) is 0 Å². The highest BCUT2D eigenvalue weighted by Crippen LogP contribution is 2.56. The lowest BCUT2D eigenvalue weighted by Gasteiger charge is -2.26. The standard InChI is InChI=1S/C43H32ClN.C25H18Cl2.C19H15Br.C19H16.C6H5BCl2O2.C5H12.CH4/c1-43(2)40-23-20-32(27-39(40)42-38-16-10-9-13-31(38)19-24-41(42)43)33-25-34(44)28-37(26-33)45(35-14-7-4-8-15-35)36-21-17-30(18-22-36)29-11-5-3-6-12-29;1-25(2)22-9-8-16(17-11-18(26)14-19(27)12-17)13-21(22)24-20-6-4-3-5-15(20)7-10-23(24)25;1-19(2)16-10-8-13(20)11-15(16)18-14-6-4-3-5-12(14)7-9-17(18)19;1-3-7-16(8-4-1)15-17-11-13-19(14-12-17)18-9-5-2-6-10-18;8-5-1-4(7(10)11)2-6(9)3-5;1-3-5-4-2;/h3-28H,1-2H3;3-14H,1-2H3;3-11H,1-2H3;1-14H,15H2;1-3,10-11H;3-5H2,1-2H3;1H4. The van der Waals surface area contributed by atoms with Crippen LogP contribution in [0.25, 0.3) is 110 Å². The van der Waals surface area contributed by atoms with E-state index < -0.39 is 7.12 Å². The molecule has 0 heterocycles. The van der Waals surface area contributed by atoms with Gasteiger partial charge in [0.05, 0.1) is 0 Å². The molecule has 0 aliphatic heterocycles. The first-order valence-corrected chi connectivity index (χ1v) is 46.1. The molecule has 128 heavy (non-hydrogen) atoms. The number of nitrogens with zero attached hydrogens (tertiary/aromatic N) is 1. The molecule has 0 amide bonds. The van der Waals surface area contributed by atoms with Gasteiger partial charge in [-0.05, 0) is 270 Å². The maximum absolute atomic E-state index is 8.71. The quantitative estimate of drug-likeness (QED) is 0.120. The third-order valence-electron chi connectivity index (χ3n) is 24.8. The maximum atomic E-state index is 8.71. The molecule has 0 atom stereocenters. The Morgan fingerprint density at radius 1 is 0.281 bits per heavy atom. The Balaban J connectivity index is 0.000000130. The molecular formula is C118H102BBrCl5NO2. The van der Waals surface area contributed by atoms with Crippen LogP contribution < -0.4 is 10.4 Å². The van der Waals surface area contributed by atoms with Crippen LogP contribution in [0.1, 0.15) is 127 Å². The second kappa shape index (κ2) is 40.0. The number of halogens is 6. The van der Waals surface area contributed by atoms with Crippen LogP contribution in [-0.2, 0) is 22.7 Å². The van der Waals surface area contributed by atoms with Gasteiger partial charge >= 0.3 is 7.12 Å². The van der Waals surface area contributed by atoms with Crippen LogP contribution in [0, 0.1) is 0 Å². The van der Waals surface area contributed by atoms with Gasteiger partial charge in [-0.25, -0.2) is 0 Å². The van der Waals surface area contributed by atoms with Gasteiger partial charge in [-0.15, -0.1) is 0 Å². The Hall–Kier alpha value is -11.5.